The Balaban J connectivity index is 2.02. The SMILES string of the molecule is CC(C)N(Cc1ccccc1)C[C@@H]1CCCN1C(=O)[C@H](C)N. The van der Waals surface area contributed by atoms with Crippen LogP contribution >= 0.6 is 0 Å². The fourth-order valence-corrected chi connectivity index (χ4v) is 3.12. The minimum absolute atomic E-state index is 0.0888. The van der Waals surface area contributed by atoms with Gasteiger partial charge in [-0.2, -0.15) is 0 Å². The minimum Gasteiger partial charge on any atom is -0.337 e. The Morgan fingerprint density at radius 1 is 1.32 bits per heavy atom. The Morgan fingerprint density at radius 2 is 2.00 bits per heavy atom. The van der Waals surface area contributed by atoms with Crippen LogP contribution in [0.1, 0.15) is 39.2 Å². The first-order valence-electron chi connectivity index (χ1n) is 8.33. The first-order valence-corrected chi connectivity index (χ1v) is 8.33. The highest BCUT2D eigenvalue weighted by molar-refractivity contribution is 5.81. The summed E-state index contributed by atoms with van der Waals surface area (Å²) in [6.45, 7) is 8.91. The summed E-state index contributed by atoms with van der Waals surface area (Å²) in [6.07, 6.45) is 2.16. The molecule has 1 aromatic carbocycles. The Hall–Kier alpha value is -1.39. The van der Waals surface area contributed by atoms with Gasteiger partial charge in [0.25, 0.3) is 0 Å². The molecule has 1 fully saturated rings. The van der Waals surface area contributed by atoms with Crippen LogP contribution < -0.4 is 5.73 Å². The molecule has 0 saturated carbocycles. The summed E-state index contributed by atoms with van der Waals surface area (Å²) in [7, 11) is 0. The number of likely N-dealkylation sites (tertiary alicyclic amines) is 1. The fourth-order valence-electron chi connectivity index (χ4n) is 3.12. The van der Waals surface area contributed by atoms with Crippen molar-refractivity contribution in [2.45, 2.75) is 58.3 Å². The molecule has 1 saturated heterocycles. The molecule has 1 aliphatic heterocycles. The van der Waals surface area contributed by atoms with Gasteiger partial charge in [-0.3, -0.25) is 9.69 Å². The maximum atomic E-state index is 12.2. The van der Waals surface area contributed by atoms with Gasteiger partial charge in [-0.05, 0) is 39.2 Å². The van der Waals surface area contributed by atoms with Gasteiger partial charge in [-0.15, -0.1) is 0 Å². The van der Waals surface area contributed by atoms with Gasteiger partial charge in [0, 0.05) is 31.7 Å². The normalized spacial score (nSPS) is 19.9. The van der Waals surface area contributed by atoms with E-state index in [1.165, 1.54) is 5.56 Å². The van der Waals surface area contributed by atoms with E-state index in [4.69, 9.17) is 5.73 Å². The highest BCUT2D eigenvalue weighted by Gasteiger charge is 2.31. The number of hydrogen-bond acceptors (Lipinski definition) is 3. The summed E-state index contributed by atoms with van der Waals surface area (Å²) in [5.41, 5.74) is 7.11. The molecule has 2 rings (SSSR count). The second-order valence-corrected chi connectivity index (χ2v) is 6.63. The molecule has 1 aromatic rings. The van der Waals surface area contributed by atoms with Gasteiger partial charge < -0.3 is 10.6 Å². The number of benzene rings is 1. The van der Waals surface area contributed by atoms with E-state index in [0.29, 0.717) is 12.1 Å². The van der Waals surface area contributed by atoms with Crippen LogP contribution in [0.2, 0.25) is 0 Å². The molecule has 22 heavy (non-hydrogen) atoms. The maximum Gasteiger partial charge on any atom is 0.239 e. The van der Waals surface area contributed by atoms with Crippen molar-refractivity contribution < 1.29 is 4.79 Å². The van der Waals surface area contributed by atoms with Crippen LogP contribution in [0.3, 0.4) is 0 Å². The number of amides is 1. The van der Waals surface area contributed by atoms with Crippen LogP contribution in [-0.4, -0.2) is 46.9 Å². The van der Waals surface area contributed by atoms with Gasteiger partial charge in [0.05, 0.1) is 6.04 Å². The Bertz CT molecular complexity index is 472. The molecule has 4 heteroatoms. The minimum atomic E-state index is -0.401. The average molecular weight is 303 g/mol. The lowest BCUT2D eigenvalue weighted by atomic mass is 10.1. The van der Waals surface area contributed by atoms with Crippen molar-refractivity contribution in [3.8, 4) is 0 Å². The van der Waals surface area contributed by atoms with Gasteiger partial charge in [0.1, 0.15) is 0 Å². The molecule has 0 spiro atoms. The van der Waals surface area contributed by atoms with Gasteiger partial charge in [-0.1, -0.05) is 30.3 Å². The number of nitrogens with two attached hydrogens (primary N) is 1. The van der Waals surface area contributed by atoms with Crippen LogP contribution in [0.15, 0.2) is 30.3 Å². The van der Waals surface area contributed by atoms with E-state index < -0.39 is 6.04 Å². The summed E-state index contributed by atoms with van der Waals surface area (Å²) in [5, 5.41) is 0. The van der Waals surface area contributed by atoms with Crippen molar-refractivity contribution in [1.29, 1.82) is 0 Å². The highest BCUT2D eigenvalue weighted by Crippen LogP contribution is 2.21. The van der Waals surface area contributed by atoms with Gasteiger partial charge in [0.15, 0.2) is 0 Å². The zero-order chi connectivity index (χ0) is 16.1. The molecule has 2 atom stereocenters. The number of hydrogen-bond donors (Lipinski definition) is 1. The molecule has 0 aromatic heterocycles. The topological polar surface area (TPSA) is 49.6 Å². The molecule has 0 radical (unpaired) electrons. The zero-order valence-electron chi connectivity index (χ0n) is 14.0. The predicted molar refractivity (Wildman–Crippen MR) is 90.4 cm³/mol. The smallest absolute Gasteiger partial charge is 0.239 e. The molecular weight excluding hydrogens is 274 g/mol. The third-order valence-corrected chi connectivity index (χ3v) is 4.45. The quantitative estimate of drug-likeness (QED) is 0.877. The Labute approximate surface area is 134 Å². The van der Waals surface area contributed by atoms with E-state index in [0.717, 1.165) is 32.5 Å². The van der Waals surface area contributed by atoms with Gasteiger partial charge in [0.2, 0.25) is 5.91 Å². The monoisotopic (exact) mass is 303 g/mol. The Kier molecular flexibility index (Phi) is 5.98. The van der Waals surface area contributed by atoms with E-state index in [1.807, 2.05) is 11.0 Å². The van der Waals surface area contributed by atoms with Crippen LogP contribution in [0.4, 0.5) is 0 Å². The van der Waals surface area contributed by atoms with Crippen LogP contribution in [0.25, 0.3) is 0 Å². The second-order valence-electron chi connectivity index (χ2n) is 6.63. The zero-order valence-corrected chi connectivity index (χ0v) is 14.0. The van der Waals surface area contributed by atoms with Crippen LogP contribution in [0.5, 0.6) is 0 Å². The van der Waals surface area contributed by atoms with Crippen molar-refractivity contribution in [3.05, 3.63) is 35.9 Å². The second kappa shape index (κ2) is 7.75. The van der Waals surface area contributed by atoms with E-state index in [1.54, 1.807) is 6.92 Å². The predicted octanol–water partition coefficient (Wildman–Crippen LogP) is 2.24. The lowest BCUT2D eigenvalue weighted by molar-refractivity contribution is -0.133. The van der Waals surface area contributed by atoms with Crippen molar-refractivity contribution in [3.63, 3.8) is 0 Å². The molecule has 1 aliphatic rings. The van der Waals surface area contributed by atoms with Crippen molar-refractivity contribution in [2.24, 2.45) is 5.73 Å². The van der Waals surface area contributed by atoms with Crippen molar-refractivity contribution in [2.75, 3.05) is 13.1 Å². The summed E-state index contributed by atoms with van der Waals surface area (Å²) in [4.78, 5) is 16.7. The van der Waals surface area contributed by atoms with E-state index >= 15 is 0 Å². The summed E-state index contributed by atoms with van der Waals surface area (Å²) in [5.74, 6) is 0.0888. The molecule has 0 bridgehead atoms. The number of nitrogens with zero attached hydrogens (tertiary/aromatic N) is 2. The number of carbonyl (C=O) groups is 1. The van der Waals surface area contributed by atoms with Crippen LogP contribution in [0, 0.1) is 0 Å². The van der Waals surface area contributed by atoms with Crippen molar-refractivity contribution >= 4 is 5.91 Å². The highest BCUT2D eigenvalue weighted by atomic mass is 16.2. The first kappa shape index (κ1) is 17.0. The molecule has 4 nitrogen and oxygen atoms in total. The largest absolute Gasteiger partial charge is 0.337 e. The number of carbonyl (C=O) groups excluding carboxylic acids is 1. The molecule has 122 valence electrons. The fraction of sp³-hybridized carbons (Fsp3) is 0.611. The summed E-state index contributed by atoms with van der Waals surface area (Å²) >= 11 is 0. The third kappa shape index (κ3) is 4.31. The van der Waals surface area contributed by atoms with E-state index in [-0.39, 0.29) is 5.91 Å². The molecule has 0 aliphatic carbocycles. The van der Waals surface area contributed by atoms with E-state index in [2.05, 4.69) is 43.0 Å². The maximum absolute atomic E-state index is 12.2. The van der Waals surface area contributed by atoms with Crippen molar-refractivity contribution in [1.82, 2.24) is 9.80 Å². The van der Waals surface area contributed by atoms with Crippen LogP contribution in [-0.2, 0) is 11.3 Å². The summed E-state index contributed by atoms with van der Waals surface area (Å²) < 4.78 is 0. The average Bonchev–Trinajstić information content (AvgIpc) is 2.94. The lowest BCUT2D eigenvalue weighted by Gasteiger charge is -2.34. The Morgan fingerprint density at radius 3 is 2.59 bits per heavy atom. The summed E-state index contributed by atoms with van der Waals surface area (Å²) in [6, 6.07) is 10.9. The van der Waals surface area contributed by atoms with E-state index in [9.17, 15) is 4.79 Å². The number of rotatable bonds is 6. The molecule has 2 N–H and O–H groups in total. The standard InChI is InChI=1S/C18H29N3O/c1-14(2)20(12-16-8-5-4-6-9-16)13-17-10-7-11-21(17)18(22)15(3)19/h4-6,8-9,14-15,17H,7,10-13,19H2,1-3H3/t15-,17-/m0/s1. The lowest BCUT2D eigenvalue weighted by Crippen LogP contribution is -2.49. The molecule has 1 heterocycles. The van der Waals surface area contributed by atoms with Gasteiger partial charge >= 0.3 is 0 Å². The van der Waals surface area contributed by atoms with Gasteiger partial charge in [-0.25, -0.2) is 0 Å². The molecule has 1 amide bonds. The molecule has 0 unspecified atom stereocenters. The molecular formula is C18H29N3O. The third-order valence-electron chi connectivity index (χ3n) is 4.45. The first-order chi connectivity index (χ1) is 10.5.